The van der Waals surface area contributed by atoms with Crippen LogP contribution < -0.4 is 18.9 Å². The van der Waals surface area contributed by atoms with Crippen molar-refractivity contribution in [3.63, 3.8) is 0 Å². The molecule has 0 saturated carbocycles. The van der Waals surface area contributed by atoms with Gasteiger partial charge in [0.05, 0.1) is 31.1 Å². The average Bonchev–Trinajstić information content (AvgIpc) is 2.80. The largest absolute Gasteiger partial charge is 0.497 e. The van der Waals surface area contributed by atoms with Gasteiger partial charge in [0.15, 0.2) is 6.79 Å². The van der Waals surface area contributed by atoms with Gasteiger partial charge in [-0.3, -0.25) is 15.1 Å². The second-order valence-electron chi connectivity index (χ2n) is 6.59. The molecular formula is C21H17N3O7. The number of non-ortho nitro benzene ring substituents is 1. The fourth-order valence-corrected chi connectivity index (χ4v) is 3.37. The van der Waals surface area contributed by atoms with Gasteiger partial charge in [-0.15, -0.1) is 0 Å². The van der Waals surface area contributed by atoms with Crippen molar-refractivity contribution >= 4 is 16.6 Å². The molecule has 0 aliphatic carbocycles. The van der Waals surface area contributed by atoms with Gasteiger partial charge in [0, 0.05) is 35.5 Å². The summed E-state index contributed by atoms with van der Waals surface area (Å²) in [5, 5.41) is 21.4. The maximum Gasteiger partial charge on any atom is 0.270 e. The molecule has 0 unspecified atom stereocenters. The summed E-state index contributed by atoms with van der Waals surface area (Å²) in [6, 6.07) is 8.23. The van der Waals surface area contributed by atoms with Crippen LogP contribution in [0.5, 0.6) is 23.0 Å². The normalized spacial score (nSPS) is 12.4. The smallest absolute Gasteiger partial charge is 0.270 e. The lowest BCUT2D eigenvalue weighted by Gasteiger charge is -2.21. The number of nitro groups is 1. The number of rotatable bonds is 6. The van der Waals surface area contributed by atoms with E-state index in [0.29, 0.717) is 39.3 Å². The summed E-state index contributed by atoms with van der Waals surface area (Å²) in [5.74, 6) is 1.69. The summed E-state index contributed by atoms with van der Waals surface area (Å²) >= 11 is 0. The highest BCUT2D eigenvalue weighted by Gasteiger charge is 2.22. The number of benzene rings is 2. The zero-order valence-corrected chi connectivity index (χ0v) is 16.7. The molecule has 0 N–H and O–H groups in total. The number of fused-ring (bicyclic) bond motifs is 2. The summed E-state index contributed by atoms with van der Waals surface area (Å²) in [6.45, 7) is 0.158. The van der Waals surface area contributed by atoms with Crippen LogP contribution in [-0.2, 0) is 18.0 Å². The van der Waals surface area contributed by atoms with E-state index in [1.54, 1.807) is 12.1 Å². The SMILES string of the molecule is COc1cc(OC)c2ncc(C#N)c(OCc3cc([N+](=O)[O-])cc4c3OCOC4)c2c1. The van der Waals surface area contributed by atoms with Crippen LogP contribution in [-0.4, -0.2) is 30.9 Å². The predicted octanol–water partition coefficient (Wildman–Crippen LogP) is 3.48. The monoisotopic (exact) mass is 423 g/mol. The van der Waals surface area contributed by atoms with Gasteiger partial charge in [-0.1, -0.05) is 0 Å². The van der Waals surface area contributed by atoms with E-state index in [0.717, 1.165) is 0 Å². The van der Waals surface area contributed by atoms with Crippen molar-refractivity contribution < 1.29 is 28.6 Å². The number of aromatic nitrogens is 1. The number of nitrogens with zero attached hydrogens (tertiary/aromatic N) is 3. The number of nitriles is 1. The topological polar surface area (TPSA) is 126 Å². The Morgan fingerprint density at radius 1 is 1.26 bits per heavy atom. The Kier molecular flexibility index (Phi) is 5.43. The van der Waals surface area contributed by atoms with Crippen LogP contribution in [0.4, 0.5) is 5.69 Å². The third-order valence-electron chi connectivity index (χ3n) is 4.79. The minimum absolute atomic E-state index is 0.0356. The number of hydrogen-bond donors (Lipinski definition) is 0. The number of pyridine rings is 1. The third-order valence-corrected chi connectivity index (χ3v) is 4.79. The van der Waals surface area contributed by atoms with Gasteiger partial charge >= 0.3 is 0 Å². The number of ether oxygens (including phenoxy) is 5. The van der Waals surface area contributed by atoms with Crippen molar-refractivity contribution in [2.24, 2.45) is 0 Å². The molecule has 31 heavy (non-hydrogen) atoms. The zero-order valence-electron chi connectivity index (χ0n) is 16.7. The standard InChI is InChI=1S/C21H17N3O7/c1-27-16-5-17-19(18(6-16)28-2)23-8-14(7-22)21(17)30-10-13-4-15(24(25)26)3-12-9-29-11-31-20(12)13/h3-6,8H,9-11H2,1-2H3. The van der Waals surface area contributed by atoms with E-state index >= 15 is 0 Å². The van der Waals surface area contributed by atoms with E-state index < -0.39 is 4.92 Å². The lowest BCUT2D eigenvalue weighted by Crippen LogP contribution is -2.14. The first-order valence-corrected chi connectivity index (χ1v) is 9.14. The van der Waals surface area contributed by atoms with E-state index in [2.05, 4.69) is 11.1 Å². The Balaban J connectivity index is 1.80. The number of nitro benzene ring substituents is 1. The van der Waals surface area contributed by atoms with Crippen LogP contribution in [0, 0.1) is 21.4 Å². The summed E-state index contributed by atoms with van der Waals surface area (Å²) < 4.78 is 27.5. The molecule has 10 nitrogen and oxygen atoms in total. The molecule has 1 aromatic heterocycles. The molecule has 10 heteroatoms. The Bertz CT molecular complexity index is 1220. The zero-order chi connectivity index (χ0) is 22.0. The quantitative estimate of drug-likeness (QED) is 0.432. The molecule has 0 saturated heterocycles. The second-order valence-corrected chi connectivity index (χ2v) is 6.59. The lowest BCUT2D eigenvalue weighted by atomic mass is 10.1. The molecule has 0 atom stereocenters. The number of methoxy groups -OCH3 is 2. The van der Waals surface area contributed by atoms with Gasteiger partial charge in [0.1, 0.15) is 46.8 Å². The highest BCUT2D eigenvalue weighted by molar-refractivity contribution is 5.92. The first-order valence-electron chi connectivity index (χ1n) is 9.14. The van der Waals surface area contributed by atoms with Crippen LogP contribution in [0.15, 0.2) is 30.5 Å². The molecule has 0 spiro atoms. The maximum atomic E-state index is 11.3. The van der Waals surface area contributed by atoms with Crippen molar-refractivity contribution in [1.82, 2.24) is 4.98 Å². The lowest BCUT2D eigenvalue weighted by molar-refractivity contribution is -0.385. The fourth-order valence-electron chi connectivity index (χ4n) is 3.37. The predicted molar refractivity (Wildman–Crippen MR) is 107 cm³/mol. The summed E-state index contributed by atoms with van der Waals surface area (Å²) in [6.07, 6.45) is 1.39. The Hall–Kier alpha value is -4.10. The van der Waals surface area contributed by atoms with Crippen LogP contribution in [0.1, 0.15) is 16.7 Å². The minimum Gasteiger partial charge on any atom is -0.497 e. The highest BCUT2D eigenvalue weighted by Crippen LogP contribution is 2.38. The summed E-state index contributed by atoms with van der Waals surface area (Å²) in [4.78, 5) is 15.2. The van der Waals surface area contributed by atoms with Crippen LogP contribution >= 0.6 is 0 Å². The van der Waals surface area contributed by atoms with Gasteiger partial charge < -0.3 is 23.7 Å². The Morgan fingerprint density at radius 2 is 2.10 bits per heavy atom. The summed E-state index contributed by atoms with van der Waals surface area (Å²) in [7, 11) is 3.01. The van der Waals surface area contributed by atoms with Crippen molar-refractivity contribution in [2.75, 3.05) is 21.0 Å². The molecule has 1 aliphatic heterocycles. The van der Waals surface area contributed by atoms with Crippen LogP contribution in [0.25, 0.3) is 10.9 Å². The van der Waals surface area contributed by atoms with Crippen molar-refractivity contribution in [3.05, 3.63) is 57.3 Å². The van der Waals surface area contributed by atoms with Crippen molar-refractivity contribution in [1.29, 1.82) is 5.26 Å². The molecule has 158 valence electrons. The first kappa shape index (κ1) is 20.2. The molecule has 4 rings (SSSR count). The number of hydrogen-bond acceptors (Lipinski definition) is 9. The molecular weight excluding hydrogens is 406 g/mol. The molecule has 0 radical (unpaired) electrons. The fraction of sp³-hybridized carbons (Fsp3) is 0.238. The van der Waals surface area contributed by atoms with Crippen LogP contribution in [0.3, 0.4) is 0 Å². The minimum atomic E-state index is -0.489. The van der Waals surface area contributed by atoms with Crippen LogP contribution in [0.2, 0.25) is 0 Å². The van der Waals surface area contributed by atoms with E-state index in [4.69, 9.17) is 23.7 Å². The van der Waals surface area contributed by atoms with Gasteiger partial charge in [0.2, 0.25) is 0 Å². The van der Waals surface area contributed by atoms with Gasteiger partial charge in [0.25, 0.3) is 5.69 Å². The molecule has 2 aromatic carbocycles. The Labute approximate surface area is 176 Å². The maximum absolute atomic E-state index is 11.3. The molecule has 2 heterocycles. The molecule has 1 aliphatic rings. The van der Waals surface area contributed by atoms with E-state index in [9.17, 15) is 15.4 Å². The molecule has 0 fully saturated rings. The average molecular weight is 423 g/mol. The Morgan fingerprint density at radius 3 is 2.81 bits per heavy atom. The van der Waals surface area contributed by atoms with E-state index in [-0.39, 0.29) is 37.0 Å². The third kappa shape index (κ3) is 3.74. The summed E-state index contributed by atoms with van der Waals surface area (Å²) in [5.41, 5.74) is 1.61. The van der Waals surface area contributed by atoms with Gasteiger partial charge in [-0.2, -0.15) is 5.26 Å². The second kappa shape index (κ2) is 8.33. The van der Waals surface area contributed by atoms with Gasteiger partial charge in [-0.05, 0) is 6.07 Å². The van der Waals surface area contributed by atoms with Crippen molar-refractivity contribution in [2.45, 2.75) is 13.2 Å². The highest BCUT2D eigenvalue weighted by atomic mass is 16.7. The molecule has 0 amide bonds. The van der Waals surface area contributed by atoms with Crippen molar-refractivity contribution in [3.8, 4) is 29.1 Å². The van der Waals surface area contributed by atoms with E-state index in [1.165, 1.54) is 32.5 Å². The van der Waals surface area contributed by atoms with E-state index in [1.807, 2.05) is 0 Å². The first-order chi connectivity index (χ1) is 15.0. The molecule has 3 aromatic rings. The van der Waals surface area contributed by atoms with Gasteiger partial charge in [-0.25, -0.2) is 0 Å². The molecule has 0 bridgehead atoms.